The number of ether oxygens (including phenoxy) is 1. The maximum absolute atomic E-state index is 7.18. The minimum Gasteiger partial charge on any atom is -0.501 e. The van der Waals surface area contributed by atoms with E-state index < -0.39 is 0 Å². The number of benzene rings is 9. The Morgan fingerprint density at radius 3 is 1.40 bits per heavy atom. The number of imidazole rings is 2. The molecule has 0 N–H and O–H groups in total. The van der Waals surface area contributed by atoms with E-state index in [0.29, 0.717) is 34.1 Å². The number of pyridine rings is 1. The Bertz CT molecular complexity index is 4810. The van der Waals surface area contributed by atoms with Crippen LogP contribution in [0.5, 0.6) is 11.5 Å². The minimum absolute atomic E-state index is 0. The number of aryl methyl sites for hydroxylation is 2. The van der Waals surface area contributed by atoms with E-state index in [1.54, 1.807) is 0 Å². The molecule has 84 heavy (non-hydrogen) atoms. The van der Waals surface area contributed by atoms with Crippen molar-refractivity contribution in [2.75, 3.05) is 0 Å². The topological polar surface area (TPSA) is 84.0 Å². The van der Waals surface area contributed by atoms with Crippen LogP contribution in [0.2, 0.25) is 0 Å². The molecular formula is C75H63N5O3Pt. The molecule has 0 amide bonds. The van der Waals surface area contributed by atoms with E-state index in [2.05, 4.69) is 234 Å². The molecule has 0 saturated carbocycles. The zero-order chi connectivity index (χ0) is 56.9. The second-order valence-electron chi connectivity index (χ2n) is 23.4. The van der Waals surface area contributed by atoms with Crippen molar-refractivity contribution in [3.8, 4) is 67.9 Å². The number of fused-ring (bicyclic) bond motifs is 8. The standard InChI is InChI=1S/C75H63N5O3.Pt/c1-42(2)55-34-51(48-22-13-11-14-23-48)35-56(43(3)4)70(55)79-66-30-19-17-28-64(66)77-74(79)50-26-21-27-53(33-50)81-54-38-62-60-41-68-59(61-32-46(9)76-47(10)72(61)82-68)40-69(60)83-73(62)63(39-54)75-78-65-29-18-20-31-67(65)80(75)71-57(44(5)6)36-52(37-58(71)45(7)8)49-24-15-12-16-25-49;/h11-32,34-38,40-45H,1-10H3;/q-2;+2. The smallest absolute Gasteiger partial charge is 0.501 e. The summed E-state index contributed by atoms with van der Waals surface area (Å²) in [6.07, 6.45) is 0. The Kier molecular flexibility index (Phi) is 13.9. The van der Waals surface area contributed by atoms with Crippen LogP contribution in [-0.2, 0) is 21.1 Å². The summed E-state index contributed by atoms with van der Waals surface area (Å²) in [6.45, 7) is 22.3. The molecule has 14 aromatic rings. The number of hydrogen-bond acceptors (Lipinski definition) is 6. The fraction of sp³-hybridized carbons (Fsp3) is 0.187. The summed E-state index contributed by atoms with van der Waals surface area (Å²) in [7, 11) is 0. The molecule has 5 heterocycles. The molecular weight excluding hydrogens is 1210 g/mol. The van der Waals surface area contributed by atoms with Crippen molar-refractivity contribution in [3.05, 3.63) is 222 Å². The van der Waals surface area contributed by atoms with Crippen LogP contribution in [0.15, 0.2) is 185 Å². The first kappa shape index (κ1) is 54.4. The molecule has 9 aromatic carbocycles. The largest absolute Gasteiger partial charge is 2.00 e. The third-order valence-electron chi connectivity index (χ3n) is 16.4. The van der Waals surface area contributed by atoms with Crippen molar-refractivity contribution in [2.45, 2.75) is 92.9 Å². The maximum atomic E-state index is 7.18. The quantitative estimate of drug-likeness (QED) is 0.113. The van der Waals surface area contributed by atoms with Gasteiger partial charge in [-0.2, -0.15) is 0 Å². The summed E-state index contributed by atoms with van der Waals surface area (Å²) in [6, 6.07) is 69.6. The maximum Gasteiger partial charge on any atom is 2.00 e. The Hall–Kier alpha value is -8.84. The first-order chi connectivity index (χ1) is 40.3. The number of rotatable bonds is 12. The van der Waals surface area contributed by atoms with E-state index in [0.717, 1.165) is 88.9 Å². The molecule has 416 valence electrons. The second kappa shape index (κ2) is 21.4. The summed E-state index contributed by atoms with van der Waals surface area (Å²) >= 11 is 0. The van der Waals surface area contributed by atoms with E-state index in [9.17, 15) is 0 Å². The zero-order valence-corrected chi connectivity index (χ0v) is 51.1. The molecule has 0 aliphatic heterocycles. The van der Waals surface area contributed by atoms with Crippen LogP contribution in [0.25, 0.3) is 122 Å². The van der Waals surface area contributed by atoms with Gasteiger partial charge in [-0.3, -0.25) is 15.0 Å². The number of furan rings is 2. The molecule has 0 fully saturated rings. The molecule has 14 rings (SSSR count). The van der Waals surface area contributed by atoms with Gasteiger partial charge < -0.3 is 22.7 Å². The van der Waals surface area contributed by atoms with Crippen molar-refractivity contribution in [3.63, 3.8) is 0 Å². The zero-order valence-electron chi connectivity index (χ0n) is 48.8. The molecule has 0 radical (unpaired) electrons. The van der Waals surface area contributed by atoms with E-state index in [1.165, 1.54) is 44.5 Å². The average molecular weight is 1280 g/mol. The van der Waals surface area contributed by atoms with Crippen LogP contribution in [0.1, 0.15) is 113 Å². The van der Waals surface area contributed by atoms with Gasteiger partial charge in [-0.1, -0.05) is 169 Å². The van der Waals surface area contributed by atoms with E-state index in [4.69, 9.17) is 28.5 Å². The van der Waals surface area contributed by atoms with E-state index in [-0.39, 0.29) is 44.7 Å². The molecule has 0 aliphatic carbocycles. The third kappa shape index (κ3) is 9.23. The molecule has 0 bridgehead atoms. The SMILES string of the molecule is Cc1cc2c(oc3cc4c(cc32)oc2c(-c3nc5ccccc5n3-c3c(C(C)C)cc(-c5ccccc5)cc3C(C)C)[c-]c(Oc3[c-]c(-c5nc6ccccc6n5-c5c(C(C)C)cc(-c6ccccc6)cc5C(C)C)ccc3)cc24)c(C)n1.[Pt+2]. The fourth-order valence-corrected chi connectivity index (χ4v) is 12.4. The number of hydrogen-bond donors (Lipinski definition) is 0. The van der Waals surface area contributed by atoms with Gasteiger partial charge in [0.25, 0.3) is 0 Å². The van der Waals surface area contributed by atoms with Gasteiger partial charge >= 0.3 is 21.1 Å². The Labute approximate surface area is 504 Å². The third-order valence-corrected chi connectivity index (χ3v) is 16.4. The van der Waals surface area contributed by atoms with Gasteiger partial charge in [0.2, 0.25) is 0 Å². The van der Waals surface area contributed by atoms with Crippen molar-refractivity contribution in [1.82, 2.24) is 24.1 Å². The molecule has 9 heteroatoms. The predicted octanol–water partition coefficient (Wildman–Crippen LogP) is 20.7. The molecule has 0 spiro atoms. The second-order valence-corrected chi connectivity index (χ2v) is 23.4. The molecule has 0 unspecified atom stereocenters. The molecule has 5 aromatic heterocycles. The Morgan fingerprint density at radius 2 is 0.881 bits per heavy atom. The molecule has 8 nitrogen and oxygen atoms in total. The predicted molar refractivity (Wildman–Crippen MR) is 340 cm³/mol. The first-order valence-electron chi connectivity index (χ1n) is 29.0. The van der Waals surface area contributed by atoms with E-state index in [1.807, 2.05) is 32.0 Å². The van der Waals surface area contributed by atoms with Crippen molar-refractivity contribution in [1.29, 1.82) is 0 Å². The average Bonchev–Trinajstić information content (AvgIpc) is 2.45. The summed E-state index contributed by atoms with van der Waals surface area (Å²) < 4.78 is 25.7. The Morgan fingerprint density at radius 1 is 0.417 bits per heavy atom. The Balaban J connectivity index is 0.00000658. The van der Waals surface area contributed by atoms with Crippen LogP contribution in [0.3, 0.4) is 0 Å². The van der Waals surface area contributed by atoms with Gasteiger partial charge in [-0.25, -0.2) is 0 Å². The summed E-state index contributed by atoms with van der Waals surface area (Å²) in [5.74, 6) is 3.20. The number of nitrogens with zero attached hydrogens (tertiary/aromatic N) is 5. The van der Waals surface area contributed by atoms with Crippen molar-refractivity contribution >= 4 is 65.9 Å². The van der Waals surface area contributed by atoms with Gasteiger partial charge in [-0.15, -0.1) is 23.8 Å². The summed E-state index contributed by atoms with van der Waals surface area (Å²) in [4.78, 5) is 15.7. The van der Waals surface area contributed by atoms with E-state index >= 15 is 0 Å². The van der Waals surface area contributed by atoms with Crippen molar-refractivity contribution in [2.24, 2.45) is 0 Å². The minimum atomic E-state index is 0. The first-order valence-corrected chi connectivity index (χ1v) is 29.0. The van der Waals surface area contributed by atoms with Gasteiger partial charge in [0, 0.05) is 44.7 Å². The van der Waals surface area contributed by atoms with Crippen LogP contribution < -0.4 is 4.74 Å². The molecule has 0 aliphatic rings. The van der Waals surface area contributed by atoms with Crippen LogP contribution in [-0.4, -0.2) is 24.1 Å². The monoisotopic (exact) mass is 1280 g/mol. The van der Waals surface area contributed by atoms with Gasteiger partial charge in [-0.05, 0) is 149 Å². The van der Waals surface area contributed by atoms with Gasteiger partial charge in [0.15, 0.2) is 5.58 Å². The van der Waals surface area contributed by atoms with Crippen molar-refractivity contribution < 1.29 is 34.6 Å². The summed E-state index contributed by atoms with van der Waals surface area (Å²) in [5, 5.41) is 3.67. The van der Waals surface area contributed by atoms with Crippen LogP contribution in [0.4, 0.5) is 0 Å². The van der Waals surface area contributed by atoms with Crippen LogP contribution >= 0.6 is 0 Å². The van der Waals surface area contributed by atoms with Gasteiger partial charge in [0.05, 0.1) is 45.0 Å². The van der Waals surface area contributed by atoms with Crippen LogP contribution in [0, 0.1) is 26.0 Å². The molecule has 0 saturated heterocycles. The van der Waals surface area contributed by atoms with Gasteiger partial charge in [0.1, 0.15) is 11.2 Å². The number of aromatic nitrogens is 5. The summed E-state index contributed by atoms with van der Waals surface area (Å²) in [5.41, 5.74) is 21.8. The number of para-hydroxylation sites is 4. The molecule has 0 atom stereocenters. The normalized spacial score (nSPS) is 12.0. The fourth-order valence-electron chi connectivity index (χ4n) is 12.4.